The van der Waals surface area contributed by atoms with Crippen LogP contribution in [-0.4, -0.2) is 12.5 Å². The van der Waals surface area contributed by atoms with Crippen molar-refractivity contribution in [2.75, 3.05) is 6.61 Å². The van der Waals surface area contributed by atoms with E-state index in [0.717, 1.165) is 30.8 Å². The Labute approximate surface area is 95.8 Å². The second-order valence-electron chi connectivity index (χ2n) is 4.00. The zero-order valence-electron chi connectivity index (χ0n) is 9.53. The molecule has 0 unspecified atom stereocenters. The summed E-state index contributed by atoms with van der Waals surface area (Å²) in [5, 5.41) is 3.05. The van der Waals surface area contributed by atoms with Crippen molar-refractivity contribution in [3.8, 4) is 5.75 Å². The maximum atomic E-state index is 11.5. The smallest absolute Gasteiger partial charge is 0.220 e. The van der Waals surface area contributed by atoms with E-state index < -0.39 is 0 Å². The quantitative estimate of drug-likeness (QED) is 0.829. The molecule has 1 amide bonds. The molecule has 0 fully saturated rings. The molecule has 86 valence electrons. The first kappa shape index (κ1) is 11.0. The van der Waals surface area contributed by atoms with Crippen molar-refractivity contribution >= 4 is 5.91 Å². The number of carbonyl (C=O) groups is 1. The molecule has 2 rings (SSSR count). The van der Waals surface area contributed by atoms with Crippen molar-refractivity contribution in [2.24, 2.45) is 0 Å². The van der Waals surface area contributed by atoms with Crippen LogP contribution in [0.4, 0.5) is 0 Å². The number of amides is 1. The Kier molecular flexibility index (Phi) is 3.44. The van der Waals surface area contributed by atoms with Crippen LogP contribution >= 0.6 is 0 Å². The fourth-order valence-electron chi connectivity index (χ4n) is 1.97. The van der Waals surface area contributed by atoms with Crippen molar-refractivity contribution in [1.29, 1.82) is 0 Å². The minimum absolute atomic E-state index is 0.0988. The summed E-state index contributed by atoms with van der Waals surface area (Å²) in [6, 6.07) is 8.04. The number of fused-ring (bicyclic) bond motifs is 1. The van der Waals surface area contributed by atoms with Crippen LogP contribution in [0.1, 0.15) is 37.8 Å². The first-order valence-electron chi connectivity index (χ1n) is 5.82. The molecule has 1 heterocycles. The molecule has 1 N–H and O–H groups in total. The highest BCUT2D eigenvalue weighted by atomic mass is 16.5. The summed E-state index contributed by atoms with van der Waals surface area (Å²) in [6.45, 7) is 2.60. The molecule has 1 aliphatic rings. The van der Waals surface area contributed by atoms with Gasteiger partial charge in [0.1, 0.15) is 5.75 Å². The Balaban J connectivity index is 2.22. The number of nitrogens with one attached hydrogen (secondary N) is 1. The minimum atomic E-state index is 0.0988. The summed E-state index contributed by atoms with van der Waals surface area (Å²) >= 11 is 0. The second kappa shape index (κ2) is 5.01. The molecule has 1 aromatic carbocycles. The molecule has 0 aromatic heterocycles. The number of para-hydroxylation sites is 1. The van der Waals surface area contributed by atoms with Gasteiger partial charge in [0.05, 0.1) is 12.6 Å². The Bertz CT molecular complexity index is 376. The summed E-state index contributed by atoms with van der Waals surface area (Å²) < 4.78 is 5.64. The third-order valence-corrected chi connectivity index (χ3v) is 2.85. The predicted octanol–water partition coefficient (Wildman–Crippen LogP) is 2.43. The first-order valence-corrected chi connectivity index (χ1v) is 5.82. The third kappa shape index (κ3) is 2.35. The fourth-order valence-corrected chi connectivity index (χ4v) is 1.97. The topological polar surface area (TPSA) is 38.3 Å². The van der Waals surface area contributed by atoms with Gasteiger partial charge in [0, 0.05) is 12.0 Å². The Morgan fingerprint density at radius 1 is 1.50 bits per heavy atom. The lowest BCUT2D eigenvalue weighted by atomic mass is 10.0. The summed E-state index contributed by atoms with van der Waals surface area (Å²) in [5.74, 6) is 1.00. The molecule has 0 radical (unpaired) electrons. The van der Waals surface area contributed by atoms with Gasteiger partial charge in [-0.05, 0) is 18.9 Å². The van der Waals surface area contributed by atoms with Gasteiger partial charge in [-0.2, -0.15) is 0 Å². The predicted molar refractivity (Wildman–Crippen MR) is 62.3 cm³/mol. The van der Waals surface area contributed by atoms with Gasteiger partial charge < -0.3 is 10.1 Å². The molecule has 0 aliphatic carbocycles. The number of hydrogen-bond donors (Lipinski definition) is 1. The van der Waals surface area contributed by atoms with Crippen molar-refractivity contribution in [1.82, 2.24) is 5.32 Å². The molecule has 16 heavy (non-hydrogen) atoms. The van der Waals surface area contributed by atoms with Crippen LogP contribution in [0.2, 0.25) is 0 Å². The van der Waals surface area contributed by atoms with Crippen LogP contribution in [0.25, 0.3) is 0 Å². The van der Waals surface area contributed by atoms with Gasteiger partial charge in [0.25, 0.3) is 0 Å². The van der Waals surface area contributed by atoms with Crippen molar-refractivity contribution < 1.29 is 9.53 Å². The zero-order valence-corrected chi connectivity index (χ0v) is 9.53. The van der Waals surface area contributed by atoms with E-state index in [4.69, 9.17) is 4.74 Å². The van der Waals surface area contributed by atoms with Crippen LogP contribution in [0.3, 0.4) is 0 Å². The van der Waals surface area contributed by atoms with Crippen LogP contribution in [-0.2, 0) is 4.79 Å². The number of hydrogen-bond acceptors (Lipinski definition) is 2. The molecular formula is C13H17NO2. The normalized spacial score (nSPS) is 19.2. The largest absolute Gasteiger partial charge is 0.493 e. The highest BCUT2D eigenvalue weighted by molar-refractivity contribution is 5.76. The average molecular weight is 219 g/mol. The van der Waals surface area contributed by atoms with Crippen molar-refractivity contribution in [2.45, 2.75) is 32.2 Å². The van der Waals surface area contributed by atoms with Gasteiger partial charge >= 0.3 is 0 Å². The molecule has 0 saturated heterocycles. The maximum Gasteiger partial charge on any atom is 0.220 e. The van der Waals surface area contributed by atoms with E-state index in [1.54, 1.807) is 0 Å². The number of rotatable bonds is 2. The Hall–Kier alpha value is -1.51. The molecule has 3 nitrogen and oxygen atoms in total. The third-order valence-electron chi connectivity index (χ3n) is 2.85. The summed E-state index contributed by atoms with van der Waals surface area (Å²) in [6.07, 6.45) is 2.45. The minimum Gasteiger partial charge on any atom is -0.493 e. The van der Waals surface area contributed by atoms with Crippen LogP contribution < -0.4 is 10.1 Å². The highest BCUT2D eigenvalue weighted by Crippen LogP contribution is 2.30. The monoisotopic (exact) mass is 219 g/mol. The van der Waals surface area contributed by atoms with E-state index in [0.29, 0.717) is 6.42 Å². The van der Waals surface area contributed by atoms with Gasteiger partial charge in [0.2, 0.25) is 5.91 Å². The van der Waals surface area contributed by atoms with E-state index in [1.165, 1.54) is 0 Å². The fraction of sp³-hybridized carbons (Fsp3) is 0.462. The van der Waals surface area contributed by atoms with E-state index in [-0.39, 0.29) is 11.9 Å². The number of benzene rings is 1. The Morgan fingerprint density at radius 3 is 3.12 bits per heavy atom. The van der Waals surface area contributed by atoms with Gasteiger partial charge in [0.15, 0.2) is 0 Å². The lowest BCUT2D eigenvalue weighted by molar-refractivity contribution is -0.121. The molecule has 1 atom stereocenters. The van der Waals surface area contributed by atoms with Crippen LogP contribution in [0, 0.1) is 0 Å². The lowest BCUT2D eigenvalue weighted by Gasteiger charge is -2.17. The summed E-state index contributed by atoms with van der Waals surface area (Å²) in [7, 11) is 0. The van der Waals surface area contributed by atoms with Crippen molar-refractivity contribution in [3.05, 3.63) is 29.8 Å². The standard InChI is InChI=1S/C13H17NO2/c1-2-13(15)14-11-7-5-9-16-12-8-4-3-6-10(11)12/h3-4,6,8,11H,2,5,7,9H2,1H3,(H,14,15)/t11-/m0/s1. The zero-order chi connectivity index (χ0) is 11.4. The van der Waals surface area contributed by atoms with Crippen LogP contribution in [0.5, 0.6) is 5.75 Å². The van der Waals surface area contributed by atoms with E-state index in [2.05, 4.69) is 5.32 Å². The molecule has 3 heteroatoms. The van der Waals surface area contributed by atoms with Gasteiger partial charge in [-0.15, -0.1) is 0 Å². The van der Waals surface area contributed by atoms with Crippen molar-refractivity contribution in [3.63, 3.8) is 0 Å². The van der Waals surface area contributed by atoms with E-state index >= 15 is 0 Å². The molecule has 0 bridgehead atoms. The SMILES string of the molecule is CCC(=O)N[C@H]1CCCOc2ccccc21. The summed E-state index contributed by atoms with van der Waals surface area (Å²) in [5.41, 5.74) is 1.10. The Morgan fingerprint density at radius 2 is 2.31 bits per heavy atom. The molecule has 1 aromatic rings. The summed E-state index contributed by atoms with van der Waals surface area (Å²) in [4.78, 5) is 11.5. The number of ether oxygens (including phenoxy) is 1. The van der Waals surface area contributed by atoms with E-state index in [1.807, 2.05) is 31.2 Å². The highest BCUT2D eigenvalue weighted by Gasteiger charge is 2.20. The van der Waals surface area contributed by atoms with Gasteiger partial charge in [-0.25, -0.2) is 0 Å². The lowest BCUT2D eigenvalue weighted by Crippen LogP contribution is -2.27. The molecule has 0 saturated carbocycles. The number of carbonyl (C=O) groups excluding carboxylic acids is 1. The second-order valence-corrected chi connectivity index (χ2v) is 4.00. The molecule has 0 spiro atoms. The first-order chi connectivity index (χ1) is 7.81. The van der Waals surface area contributed by atoms with E-state index in [9.17, 15) is 4.79 Å². The van der Waals surface area contributed by atoms with Gasteiger partial charge in [-0.3, -0.25) is 4.79 Å². The van der Waals surface area contributed by atoms with Gasteiger partial charge in [-0.1, -0.05) is 25.1 Å². The maximum absolute atomic E-state index is 11.5. The molecule has 1 aliphatic heterocycles. The average Bonchev–Trinajstić information content (AvgIpc) is 2.52. The van der Waals surface area contributed by atoms with Crippen LogP contribution in [0.15, 0.2) is 24.3 Å². The molecular weight excluding hydrogens is 202 g/mol.